The van der Waals surface area contributed by atoms with Gasteiger partial charge >= 0.3 is 0 Å². The summed E-state index contributed by atoms with van der Waals surface area (Å²) in [6.45, 7) is 3.40. The van der Waals surface area contributed by atoms with Gasteiger partial charge < -0.3 is 19.7 Å². The molecule has 0 unspecified atom stereocenters. The Labute approximate surface area is 182 Å². The fourth-order valence-electron chi connectivity index (χ4n) is 2.45. The Bertz CT molecular complexity index is 1090. The summed E-state index contributed by atoms with van der Waals surface area (Å²) >= 11 is 1.09. The van der Waals surface area contributed by atoms with Crippen LogP contribution in [0.5, 0.6) is 5.75 Å². The highest BCUT2D eigenvalue weighted by Gasteiger charge is 2.20. The van der Waals surface area contributed by atoms with Gasteiger partial charge in [0, 0.05) is 24.4 Å². The molecule has 0 aliphatic carbocycles. The van der Waals surface area contributed by atoms with E-state index in [4.69, 9.17) is 4.74 Å². The second-order valence-corrected chi connectivity index (χ2v) is 8.35. The molecule has 11 heteroatoms. The predicted octanol–water partition coefficient (Wildman–Crippen LogP) is 3.28. The lowest BCUT2D eigenvalue weighted by molar-refractivity contribution is -0.387. The number of ether oxygens (including phenoxy) is 1. The van der Waals surface area contributed by atoms with Crippen LogP contribution in [0, 0.1) is 10.1 Å². The topological polar surface area (TPSA) is 132 Å². The number of hydrogen-bond donors (Lipinski definition) is 2. The zero-order valence-corrected chi connectivity index (χ0v) is 17.9. The molecule has 0 bridgehead atoms. The first-order chi connectivity index (χ1) is 14.6. The maximum Gasteiger partial charge on any atom is 0.284 e. The summed E-state index contributed by atoms with van der Waals surface area (Å²) in [5, 5.41) is 32.1. The fourth-order valence-corrected chi connectivity index (χ4v) is 3.30. The van der Waals surface area contributed by atoms with Crippen LogP contribution in [0.4, 0.5) is 11.4 Å². The number of benzene rings is 2. The van der Waals surface area contributed by atoms with Gasteiger partial charge in [-0.25, -0.2) is 0 Å². The minimum absolute atomic E-state index is 0.126. The molecule has 3 aromatic rings. The second kappa shape index (κ2) is 9.14. The highest BCUT2D eigenvalue weighted by atomic mass is 32.2. The van der Waals surface area contributed by atoms with E-state index in [1.54, 1.807) is 49.7 Å². The number of nitro benzene ring substituents is 1. The number of aliphatic hydroxyl groups is 1. The number of carbonyl (C=O) groups is 1. The van der Waals surface area contributed by atoms with Gasteiger partial charge in [0.05, 0.1) is 15.4 Å². The fraction of sp³-hybridized carbons (Fsp3) is 0.250. The van der Waals surface area contributed by atoms with Crippen LogP contribution in [0.3, 0.4) is 0 Å². The molecule has 3 rings (SSSR count). The molecule has 0 spiro atoms. The number of rotatable bonds is 8. The van der Waals surface area contributed by atoms with Crippen molar-refractivity contribution in [1.29, 1.82) is 0 Å². The predicted molar refractivity (Wildman–Crippen MR) is 114 cm³/mol. The molecule has 10 nitrogen and oxygen atoms in total. The minimum atomic E-state index is -0.959. The first kappa shape index (κ1) is 22.2. The number of nitrogens with one attached hydrogen (secondary N) is 1. The van der Waals surface area contributed by atoms with Crippen LogP contribution in [0.1, 0.15) is 24.2 Å². The van der Waals surface area contributed by atoms with Crippen molar-refractivity contribution in [2.45, 2.75) is 29.5 Å². The first-order valence-corrected chi connectivity index (χ1v) is 10.0. The zero-order valence-electron chi connectivity index (χ0n) is 17.1. The standard InChI is InChI=1S/C20H21N5O5S/c1-20(2,27)11-30-15-7-5-14(6-8-15)22-18(26)13-4-9-17(16(10-13)25(28)29)31-19-23-21-12-24(19)3/h4-10,12,27H,11H2,1-3H3,(H,22,26). The van der Waals surface area contributed by atoms with E-state index < -0.39 is 16.4 Å². The third-order valence-corrected chi connectivity index (χ3v) is 5.11. The maximum atomic E-state index is 12.6. The summed E-state index contributed by atoms with van der Waals surface area (Å²) in [5.74, 6) is 0.0596. The van der Waals surface area contributed by atoms with Gasteiger partial charge in [-0.1, -0.05) is 0 Å². The number of carbonyl (C=O) groups excluding carboxylic acids is 1. The van der Waals surface area contributed by atoms with Gasteiger partial charge in [-0.05, 0) is 62.0 Å². The zero-order chi connectivity index (χ0) is 22.6. The number of nitrogens with zero attached hydrogens (tertiary/aromatic N) is 4. The molecular weight excluding hydrogens is 422 g/mol. The van der Waals surface area contributed by atoms with Crippen molar-refractivity contribution in [3.8, 4) is 5.75 Å². The van der Waals surface area contributed by atoms with Crippen LogP contribution in [-0.4, -0.2) is 42.9 Å². The van der Waals surface area contributed by atoms with Gasteiger partial charge in [-0.3, -0.25) is 14.9 Å². The van der Waals surface area contributed by atoms with Crippen molar-refractivity contribution in [3.63, 3.8) is 0 Å². The van der Waals surface area contributed by atoms with Crippen LogP contribution < -0.4 is 10.1 Å². The number of aromatic nitrogens is 3. The maximum absolute atomic E-state index is 12.6. The molecule has 0 saturated carbocycles. The highest BCUT2D eigenvalue weighted by Crippen LogP contribution is 2.34. The molecule has 162 valence electrons. The van der Waals surface area contributed by atoms with E-state index >= 15 is 0 Å². The van der Waals surface area contributed by atoms with Crippen molar-refractivity contribution in [3.05, 3.63) is 64.5 Å². The van der Waals surface area contributed by atoms with Crippen molar-refractivity contribution in [2.24, 2.45) is 7.05 Å². The van der Waals surface area contributed by atoms with Crippen molar-refractivity contribution < 1.29 is 19.6 Å². The Morgan fingerprint density at radius 2 is 2.00 bits per heavy atom. The number of anilines is 1. The first-order valence-electron chi connectivity index (χ1n) is 9.19. The Morgan fingerprint density at radius 1 is 1.29 bits per heavy atom. The van der Waals surface area contributed by atoms with E-state index in [1.165, 1.54) is 24.5 Å². The number of nitro groups is 1. The van der Waals surface area contributed by atoms with Gasteiger partial charge in [0.15, 0.2) is 5.16 Å². The third kappa shape index (κ3) is 6.03. The molecule has 1 aromatic heterocycles. The molecule has 2 N–H and O–H groups in total. The van der Waals surface area contributed by atoms with Gasteiger partial charge in [0.1, 0.15) is 18.7 Å². The van der Waals surface area contributed by atoms with Crippen LogP contribution in [0.25, 0.3) is 0 Å². The van der Waals surface area contributed by atoms with Crippen LogP contribution in [0.2, 0.25) is 0 Å². The molecule has 0 aliphatic heterocycles. The second-order valence-electron chi connectivity index (χ2n) is 7.35. The molecule has 0 aliphatic rings. The normalized spacial score (nSPS) is 11.2. The molecule has 31 heavy (non-hydrogen) atoms. The van der Waals surface area contributed by atoms with Crippen LogP contribution >= 0.6 is 11.8 Å². The van der Waals surface area contributed by atoms with Crippen LogP contribution in [-0.2, 0) is 7.05 Å². The third-order valence-electron chi connectivity index (χ3n) is 3.99. The minimum Gasteiger partial charge on any atom is -0.491 e. The number of amides is 1. The summed E-state index contributed by atoms with van der Waals surface area (Å²) in [4.78, 5) is 23.9. The van der Waals surface area contributed by atoms with E-state index in [1.807, 2.05) is 0 Å². The van der Waals surface area contributed by atoms with Gasteiger partial charge in [-0.2, -0.15) is 0 Å². The smallest absolute Gasteiger partial charge is 0.284 e. The molecule has 0 atom stereocenters. The summed E-state index contributed by atoms with van der Waals surface area (Å²) in [6.07, 6.45) is 1.50. The highest BCUT2D eigenvalue weighted by molar-refractivity contribution is 7.99. The summed E-state index contributed by atoms with van der Waals surface area (Å²) in [6, 6.07) is 10.9. The summed E-state index contributed by atoms with van der Waals surface area (Å²) in [7, 11) is 1.73. The number of hydrogen-bond acceptors (Lipinski definition) is 8. The Kier molecular flexibility index (Phi) is 6.56. The molecule has 1 amide bonds. The van der Waals surface area contributed by atoms with Gasteiger partial charge in [0.25, 0.3) is 11.6 Å². The number of aryl methyl sites for hydroxylation is 1. The van der Waals surface area contributed by atoms with Gasteiger partial charge in [-0.15, -0.1) is 10.2 Å². The largest absolute Gasteiger partial charge is 0.491 e. The van der Waals surface area contributed by atoms with E-state index in [-0.39, 0.29) is 17.9 Å². The summed E-state index contributed by atoms with van der Waals surface area (Å²) in [5.41, 5.74) is -0.507. The molecule has 0 fully saturated rings. The Balaban J connectivity index is 1.72. The quantitative estimate of drug-likeness (QED) is 0.400. The van der Waals surface area contributed by atoms with Crippen molar-refractivity contribution >= 4 is 29.0 Å². The monoisotopic (exact) mass is 443 g/mol. The lowest BCUT2D eigenvalue weighted by Gasteiger charge is -2.17. The van der Waals surface area contributed by atoms with E-state index in [0.717, 1.165) is 11.8 Å². The average molecular weight is 443 g/mol. The van der Waals surface area contributed by atoms with Crippen molar-refractivity contribution in [2.75, 3.05) is 11.9 Å². The average Bonchev–Trinajstić information content (AvgIpc) is 3.11. The lowest BCUT2D eigenvalue weighted by atomic mass is 10.1. The van der Waals surface area contributed by atoms with Gasteiger partial charge in [0.2, 0.25) is 0 Å². The molecule has 0 saturated heterocycles. The molecule has 0 radical (unpaired) electrons. The molecular formula is C20H21N5O5S. The Morgan fingerprint density at radius 3 is 2.58 bits per heavy atom. The summed E-state index contributed by atoms with van der Waals surface area (Å²) < 4.78 is 7.11. The van der Waals surface area contributed by atoms with E-state index in [2.05, 4.69) is 15.5 Å². The van der Waals surface area contributed by atoms with E-state index in [0.29, 0.717) is 21.5 Å². The van der Waals surface area contributed by atoms with Crippen molar-refractivity contribution in [1.82, 2.24) is 14.8 Å². The molecule has 1 heterocycles. The van der Waals surface area contributed by atoms with Crippen LogP contribution in [0.15, 0.2) is 58.8 Å². The molecule has 2 aromatic carbocycles. The lowest BCUT2D eigenvalue weighted by Crippen LogP contribution is -2.27. The SMILES string of the molecule is Cn1cnnc1Sc1ccc(C(=O)Nc2ccc(OCC(C)(C)O)cc2)cc1[N+](=O)[O-]. The van der Waals surface area contributed by atoms with E-state index in [9.17, 15) is 20.0 Å². The Hall–Kier alpha value is -3.44.